The molecule has 2 aromatic carbocycles. The summed E-state index contributed by atoms with van der Waals surface area (Å²) in [6, 6.07) is 9.91. The van der Waals surface area contributed by atoms with E-state index in [1.165, 1.54) is 35.4 Å². The van der Waals surface area contributed by atoms with Gasteiger partial charge in [0.1, 0.15) is 24.5 Å². The van der Waals surface area contributed by atoms with Crippen LogP contribution in [0.5, 0.6) is 5.75 Å². The van der Waals surface area contributed by atoms with Crippen molar-refractivity contribution in [2.24, 2.45) is 5.14 Å². The molecule has 0 fully saturated rings. The van der Waals surface area contributed by atoms with Crippen molar-refractivity contribution >= 4 is 27.0 Å². The lowest BCUT2D eigenvalue weighted by Gasteiger charge is -2.08. The van der Waals surface area contributed by atoms with Crippen LogP contribution in [0.1, 0.15) is 23.1 Å². The standard InChI is InChI=1S/C21H21NO6S/c22-29(24,25)18-6-4-17(5-7-18)26-8-9-27-21(23)12-16-13-28-20-11-15-3-1-2-14(15)10-19(16)20/h4-7,10-11,13H,1-3,8-9,12H2,(H2,22,24,25). The Morgan fingerprint density at radius 3 is 2.52 bits per heavy atom. The van der Waals surface area contributed by atoms with Crippen molar-refractivity contribution in [3.05, 3.63) is 59.4 Å². The van der Waals surface area contributed by atoms with E-state index < -0.39 is 10.0 Å². The quantitative estimate of drug-likeness (QED) is 0.469. The zero-order valence-corrected chi connectivity index (χ0v) is 16.5. The molecule has 0 saturated heterocycles. The average Bonchev–Trinajstić information content (AvgIpc) is 3.30. The summed E-state index contributed by atoms with van der Waals surface area (Å²) in [5, 5.41) is 6.01. The van der Waals surface area contributed by atoms with Crippen LogP contribution in [0.15, 0.2) is 52.0 Å². The van der Waals surface area contributed by atoms with Gasteiger partial charge in [-0.15, -0.1) is 0 Å². The smallest absolute Gasteiger partial charge is 0.310 e. The van der Waals surface area contributed by atoms with Gasteiger partial charge in [0.25, 0.3) is 0 Å². The molecule has 7 nitrogen and oxygen atoms in total. The molecular formula is C21H21NO6S. The summed E-state index contributed by atoms with van der Waals surface area (Å²) in [4.78, 5) is 12.2. The number of hydrogen-bond acceptors (Lipinski definition) is 6. The number of rotatable bonds is 7. The molecule has 1 heterocycles. The summed E-state index contributed by atoms with van der Waals surface area (Å²) in [7, 11) is -3.73. The minimum absolute atomic E-state index is 0.00857. The number of nitrogens with two attached hydrogens (primary N) is 1. The molecule has 1 aromatic heterocycles. The van der Waals surface area contributed by atoms with Crippen molar-refractivity contribution in [2.45, 2.75) is 30.6 Å². The van der Waals surface area contributed by atoms with Crippen molar-refractivity contribution in [3.63, 3.8) is 0 Å². The van der Waals surface area contributed by atoms with Gasteiger partial charge < -0.3 is 13.9 Å². The minimum Gasteiger partial charge on any atom is -0.490 e. The molecular weight excluding hydrogens is 394 g/mol. The highest BCUT2D eigenvalue weighted by molar-refractivity contribution is 7.89. The van der Waals surface area contributed by atoms with Gasteiger partial charge in [0, 0.05) is 10.9 Å². The van der Waals surface area contributed by atoms with Gasteiger partial charge in [0.2, 0.25) is 10.0 Å². The topological polar surface area (TPSA) is 109 Å². The highest BCUT2D eigenvalue weighted by Crippen LogP contribution is 2.30. The molecule has 0 saturated carbocycles. The van der Waals surface area contributed by atoms with Gasteiger partial charge in [-0.25, -0.2) is 13.6 Å². The Morgan fingerprint density at radius 1 is 1.07 bits per heavy atom. The van der Waals surface area contributed by atoms with Gasteiger partial charge in [-0.3, -0.25) is 4.79 Å². The SMILES string of the molecule is NS(=O)(=O)c1ccc(OCCOC(=O)Cc2coc3cc4c(cc23)CCC4)cc1. The zero-order chi connectivity index (χ0) is 20.4. The maximum Gasteiger partial charge on any atom is 0.310 e. The van der Waals surface area contributed by atoms with E-state index in [9.17, 15) is 13.2 Å². The van der Waals surface area contributed by atoms with E-state index in [1.54, 1.807) is 6.26 Å². The second kappa shape index (κ2) is 7.88. The molecule has 2 N–H and O–H groups in total. The molecule has 8 heteroatoms. The maximum atomic E-state index is 12.2. The third kappa shape index (κ3) is 4.44. The summed E-state index contributed by atoms with van der Waals surface area (Å²) in [5.41, 5.74) is 4.28. The first kappa shape index (κ1) is 19.5. The molecule has 29 heavy (non-hydrogen) atoms. The molecule has 0 spiro atoms. The molecule has 0 atom stereocenters. The van der Waals surface area contributed by atoms with Gasteiger partial charge in [-0.1, -0.05) is 0 Å². The van der Waals surface area contributed by atoms with E-state index in [0.717, 1.165) is 35.8 Å². The summed E-state index contributed by atoms with van der Waals surface area (Å²) >= 11 is 0. The summed E-state index contributed by atoms with van der Waals surface area (Å²) in [5.74, 6) is 0.101. The third-order valence-corrected chi connectivity index (χ3v) is 5.90. The molecule has 152 valence electrons. The monoisotopic (exact) mass is 415 g/mol. The molecule has 0 amide bonds. The predicted octanol–water partition coefficient (Wildman–Crippen LogP) is 2.73. The minimum atomic E-state index is -3.73. The Bertz CT molecular complexity index is 1150. The molecule has 1 aliphatic carbocycles. The fourth-order valence-electron chi connectivity index (χ4n) is 3.53. The van der Waals surface area contributed by atoms with Crippen LogP contribution in [0, 0.1) is 0 Å². The number of carbonyl (C=O) groups excluding carboxylic acids is 1. The molecule has 0 bridgehead atoms. The van der Waals surface area contributed by atoms with E-state index in [-0.39, 0.29) is 30.5 Å². The van der Waals surface area contributed by atoms with Crippen molar-refractivity contribution < 1.29 is 27.1 Å². The first-order valence-corrected chi connectivity index (χ1v) is 10.9. The van der Waals surface area contributed by atoms with Gasteiger partial charge in [-0.2, -0.15) is 0 Å². The summed E-state index contributed by atoms with van der Waals surface area (Å²) in [6.45, 7) is 0.237. The van der Waals surface area contributed by atoms with Crippen LogP contribution in [-0.4, -0.2) is 27.6 Å². The number of furan rings is 1. The molecule has 0 unspecified atom stereocenters. The summed E-state index contributed by atoms with van der Waals surface area (Å²) < 4.78 is 38.7. The Hall–Kier alpha value is -2.84. The molecule has 0 radical (unpaired) electrons. The van der Waals surface area contributed by atoms with Gasteiger partial charge in [-0.05, 0) is 66.8 Å². The van der Waals surface area contributed by atoms with E-state index in [1.807, 2.05) is 0 Å². The van der Waals surface area contributed by atoms with Crippen LogP contribution in [0.3, 0.4) is 0 Å². The van der Waals surface area contributed by atoms with Crippen molar-refractivity contribution in [3.8, 4) is 5.75 Å². The van der Waals surface area contributed by atoms with Crippen LogP contribution in [-0.2, 0) is 38.8 Å². The number of fused-ring (bicyclic) bond motifs is 2. The molecule has 4 rings (SSSR count). The van der Waals surface area contributed by atoms with Gasteiger partial charge in [0.15, 0.2) is 0 Å². The van der Waals surface area contributed by atoms with Crippen LogP contribution in [0.2, 0.25) is 0 Å². The Labute approximate surface area is 168 Å². The number of carbonyl (C=O) groups is 1. The Morgan fingerprint density at radius 2 is 1.79 bits per heavy atom. The van der Waals surface area contributed by atoms with Crippen LogP contribution < -0.4 is 9.88 Å². The highest BCUT2D eigenvalue weighted by Gasteiger charge is 2.17. The van der Waals surface area contributed by atoms with Crippen molar-refractivity contribution in [2.75, 3.05) is 13.2 Å². The number of aryl methyl sites for hydroxylation is 2. The number of benzene rings is 2. The maximum absolute atomic E-state index is 12.2. The van der Waals surface area contributed by atoms with E-state index in [4.69, 9.17) is 19.0 Å². The fraction of sp³-hybridized carbons (Fsp3) is 0.286. The second-order valence-electron chi connectivity index (χ2n) is 6.99. The van der Waals surface area contributed by atoms with Gasteiger partial charge in [0.05, 0.1) is 17.6 Å². The van der Waals surface area contributed by atoms with Crippen LogP contribution in [0.4, 0.5) is 0 Å². The normalized spacial score (nSPS) is 13.4. The fourth-order valence-corrected chi connectivity index (χ4v) is 4.05. The zero-order valence-electron chi connectivity index (χ0n) is 15.7. The van der Waals surface area contributed by atoms with Crippen LogP contribution >= 0.6 is 0 Å². The largest absolute Gasteiger partial charge is 0.490 e. The third-order valence-electron chi connectivity index (χ3n) is 4.97. The average molecular weight is 415 g/mol. The lowest BCUT2D eigenvalue weighted by atomic mass is 10.0. The highest BCUT2D eigenvalue weighted by atomic mass is 32.2. The van der Waals surface area contributed by atoms with E-state index in [2.05, 4.69) is 12.1 Å². The number of hydrogen-bond donors (Lipinski definition) is 1. The van der Waals surface area contributed by atoms with Crippen molar-refractivity contribution in [1.82, 2.24) is 0 Å². The molecule has 3 aromatic rings. The molecule has 0 aliphatic heterocycles. The Kier molecular flexibility index (Phi) is 5.29. The number of primary sulfonamides is 1. The Balaban J connectivity index is 1.28. The van der Waals surface area contributed by atoms with Crippen molar-refractivity contribution in [1.29, 1.82) is 0 Å². The first-order valence-electron chi connectivity index (χ1n) is 9.33. The number of ether oxygens (including phenoxy) is 2. The second-order valence-corrected chi connectivity index (χ2v) is 8.56. The first-order chi connectivity index (χ1) is 13.9. The number of sulfonamides is 1. The van der Waals surface area contributed by atoms with Crippen LogP contribution in [0.25, 0.3) is 11.0 Å². The lowest BCUT2D eigenvalue weighted by Crippen LogP contribution is -2.14. The predicted molar refractivity (Wildman–Crippen MR) is 106 cm³/mol. The van der Waals surface area contributed by atoms with E-state index in [0.29, 0.717) is 5.75 Å². The van der Waals surface area contributed by atoms with Gasteiger partial charge >= 0.3 is 5.97 Å². The lowest BCUT2D eigenvalue weighted by molar-refractivity contribution is -0.143. The van der Waals surface area contributed by atoms with E-state index >= 15 is 0 Å². The number of esters is 1. The molecule has 1 aliphatic rings. The summed E-state index contributed by atoms with van der Waals surface area (Å²) in [6.07, 6.45) is 5.05.